The normalized spacial score (nSPS) is 23.1. The maximum absolute atomic E-state index is 11.9. The van der Waals surface area contributed by atoms with Crippen LogP contribution >= 0.6 is 0 Å². The Kier molecular flexibility index (Phi) is 3.42. The van der Waals surface area contributed by atoms with E-state index in [1.54, 1.807) is 0 Å². The van der Waals surface area contributed by atoms with E-state index in [-0.39, 0.29) is 0 Å². The topological polar surface area (TPSA) is 17.1 Å². The molecule has 86 valence electrons. The molecule has 2 atom stereocenters. The molecule has 0 spiro atoms. The average Bonchev–Trinajstić information content (AvgIpc) is 3.03. The number of Topliss-reactive ketones (excluding diaryl/α,β-unsaturated/α-hetero) is 1. The molecule has 1 aromatic carbocycles. The van der Waals surface area contributed by atoms with Gasteiger partial charge in [0.15, 0.2) is 5.78 Å². The Hall–Kier alpha value is -1.11. The van der Waals surface area contributed by atoms with Crippen molar-refractivity contribution in [2.75, 3.05) is 0 Å². The van der Waals surface area contributed by atoms with E-state index in [9.17, 15) is 4.79 Å². The van der Waals surface area contributed by atoms with Crippen molar-refractivity contribution in [3.05, 3.63) is 35.4 Å². The number of hydrogen-bond donors (Lipinski definition) is 0. The van der Waals surface area contributed by atoms with Gasteiger partial charge in [0.05, 0.1) is 0 Å². The SMILES string of the molecule is CCCCc1ccc(C(=O)C2CC2C)cc1. The molecule has 0 aromatic heterocycles. The van der Waals surface area contributed by atoms with Crippen LogP contribution in [-0.4, -0.2) is 5.78 Å². The second-order valence-corrected chi connectivity index (χ2v) is 4.98. The smallest absolute Gasteiger partial charge is 0.166 e. The molecule has 1 aliphatic carbocycles. The highest BCUT2D eigenvalue weighted by molar-refractivity contribution is 5.99. The summed E-state index contributed by atoms with van der Waals surface area (Å²) in [5, 5.41) is 0. The Morgan fingerprint density at radius 2 is 1.94 bits per heavy atom. The third-order valence-electron chi connectivity index (χ3n) is 3.50. The van der Waals surface area contributed by atoms with Gasteiger partial charge in [-0.05, 0) is 30.7 Å². The van der Waals surface area contributed by atoms with E-state index in [4.69, 9.17) is 0 Å². The number of rotatable bonds is 5. The molecule has 0 heterocycles. The first-order valence-electron chi connectivity index (χ1n) is 6.35. The zero-order chi connectivity index (χ0) is 11.5. The number of carbonyl (C=O) groups is 1. The van der Waals surface area contributed by atoms with Gasteiger partial charge in [0.25, 0.3) is 0 Å². The van der Waals surface area contributed by atoms with E-state index >= 15 is 0 Å². The molecule has 1 aliphatic rings. The summed E-state index contributed by atoms with van der Waals surface area (Å²) < 4.78 is 0. The number of aryl methyl sites for hydroxylation is 1. The number of benzene rings is 1. The largest absolute Gasteiger partial charge is 0.294 e. The van der Waals surface area contributed by atoms with Crippen molar-refractivity contribution in [3.8, 4) is 0 Å². The molecule has 1 nitrogen and oxygen atoms in total. The van der Waals surface area contributed by atoms with Gasteiger partial charge in [0.1, 0.15) is 0 Å². The molecule has 0 N–H and O–H groups in total. The highest BCUT2D eigenvalue weighted by Crippen LogP contribution is 2.40. The van der Waals surface area contributed by atoms with Gasteiger partial charge in [0, 0.05) is 11.5 Å². The standard InChI is InChI=1S/C15H20O/c1-3-4-5-12-6-8-13(9-7-12)15(16)14-10-11(14)2/h6-9,11,14H,3-5,10H2,1-2H3. The van der Waals surface area contributed by atoms with Crippen LogP contribution in [0, 0.1) is 11.8 Å². The van der Waals surface area contributed by atoms with Crippen molar-refractivity contribution in [2.24, 2.45) is 11.8 Å². The van der Waals surface area contributed by atoms with Crippen LogP contribution in [0.4, 0.5) is 0 Å². The summed E-state index contributed by atoms with van der Waals surface area (Å²) >= 11 is 0. The third-order valence-corrected chi connectivity index (χ3v) is 3.50. The van der Waals surface area contributed by atoms with E-state index in [2.05, 4.69) is 26.0 Å². The number of unbranched alkanes of at least 4 members (excludes halogenated alkanes) is 1. The Balaban J connectivity index is 1.99. The van der Waals surface area contributed by atoms with Gasteiger partial charge < -0.3 is 0 Å². The van der Waals surface area contributed by atoms with Crippen LogP contribution in [0.5, 0.6) is 0 Å². The van der Waals surface area contributed by atoms with Crippen LogP contribution in [0.1, 0.15) is 49.0 Å². The van der Waals surface area contributed by atoms with E-state index in [1.807, 2.05) is 12.1 Å². The molecule has 1 fully saturated rings. The summed E-state index contributed by atoms with van der Waals surface area (Å²) in [6, 6.07) is 8.21. The highest BCUT2D eigenvalue weighted by Gasteiger charge is 2.39. The molecule has 2 unspecified atom stereocenters. The van der Waals surface area contributed by atoms with Gasteiger partial charge in [-0.15, -0.1) is 0 Å². The Labute approximate surface area is 97.9 Å². The van der Waals surface area contributed by atoms with Gasteiger partial charge >= 0.3 is 0 Å². The Morgan fingerprint density at radius 3 is 2.44 bits per heavy atom. The van der Waals surface area contributed by atoms with Crippen LogP contribution in [0.15, 0.2) is 24.3 Å². The van der Waals surface area contributed by atoms with E-state index in [0.29, 0.717) is 17.6 Å². The summed E-state index contributed by atoms with van der Waals surface area (Å²) in [4.78, 5) is 11.9. The quantitative estimate of drug-likeness (QED) is 0.683. The van der Waals surface area contributed by atoms with E-state index < -0.39 is 0 Å². The van der Waals surface area contributed by atoms with Gasteiger partial charge in [0.2, 0.25) is 0 Å². The number of carbonyl (C=O) groups excluding carboxylic acids is 1. The fourth-order valence-electron chi connectivity index (χ4n) is 2.12. The van der Waals surface area contributed by atoms with Crippen molar-refractivity contribution in [1.29, 1.82) is 0 Å². The molecule has 0 amide bonds. The van der Waals surface area contributed by atoms with Gasteiger partial charge in [-0.25, -0.2) is 0 Å². The van der Waals surface area contributed by atoms with Crippen molar-refractivity contribution >= 4 is 5.78 Å². The molecule has 1 aromatic rings. The molecular weight excluding hydrogens is 196 g/mol. The molecule has 1 heteroatoms. The molecule has 1 saturated carbocycles. The molecule has 0 aliphatic heterocycles. The number of ketones is 1. The second kappa shape index (κ2) is 4.82. The molecule has 2 rings (SSSR count). The zero-order valence-electron chi connectivity index (χ0n) is 10.2. The first-order chi connectivity index (χ1) is 7.72. The fraction of sp³-hybridized carbons (Fsp3) is 0.533. The molecule has 0 saturated heterocycles. The van der Waals surface area contributed by atoms with Crippen molar-refractivity contribution in [2.45, 2.75) is 39.5 Å². The summed E-state index contributed by atoms with van der Waals surface area (Å²) in [6.45, 7) is 4.35. The average molecular weight is 216 g/mol. The summed E-state index contributed by atoms with van der Waals surface area (Å²) in [7, 11) is 0. The summed E-state index contributed by atoms with van der Waals surface area (Å²) in [5.74, 6) is 1.25. The molecular formula is C15H20O. The molecule has 16 heavy (non-hydrogen) atoms. The Bertz CT molecular complexity index is 364. The lowest BCUT2D eigenvalue weighted by Gasteiger charge is -2.02. The second-order valence-electron chi connectivity index (χ2n) is 4.98. The van der Waals surface area contributed by atoms with Crippen LogP contribution in [0.3, 0.4) is 0 Å². The lowest BCUT2D eigenvalue weighted by atomic mass is 10.0. The van der Waals surface area contributed by atoms with Crippen LogP contribution < -0.4 is 0 Å². The van der Waals surface area contributed by atoms with Gasteiger partial charge in [-0.2, -0.15) is 0 Å². The maximum Gasteiger partial charge on any atom is 0.166 e. The predicted molar refractivity (Wildman–Crippen MR) is 66.7 cm³/mol. The van der Waals surface area contributed by atoms with E-state index in [1.165, 1.54) is 18.4 Å². The summed E-state index contributed by atoms with van der Waals surface area (Å²) in [5.41, 5.74) is 2.25. The predicted octanol–water partition coefficient (Wildman–Crippen LogP) is 3.87. The fourth-order valence-corrected chi connectivity index (χ4v) is 2.12. The first kappa shape index (κ1) is 11.4. The third kappa shape index (κ3) is 2.52. The lowest BCUT2D eigenvalue weighted by Crippen LogP contribution is -2.02. The van der Waals surface area contributed by atoms with E-state index in [0.717, 1.165) is 18.4 Å². The first-order valence-corrected chi connectivity index (χ1v) is 6.35. The summed E-state index contributed by atoms with van der Waals surface area (Å²) in [6.07, 6.45) is 4.66. The number of hydrogen-bond acceptors (Lipinski definition) is 1. The lowest BCUT2D eigenvalue weighted by molar-refractivity contribution is 0.0962. The van der Waals surface area contributed by atoms with Crippen LogP contribution in [0.25, 0.3) is 0 Å². The molecule has 0 bridgehead atoms. The Morgan fingerprint density at radius 1 is 1.31 bits per heavy atom. The van der Waals surface area contributed by atoms with Crippen molar-refractivity contribution in [3.63, 3.8) is 0 Å². The highest BCUT2D eigenvalue weighted by atomic mass is 16.1. The molecule has 0 radical (unpaired) electrons. The van der Waals surface area contributed by atoms with Crippen molar-refractivity contribution < 1.29 is 4.79 Å². The zero-order valence-corrected chi connectivity index (χ0v) is 10.2. The van der Waals surface area contributed by atoms with Gasteiger partial charge in [-0.1, -0.05) is 44.5 Å². The van der Waals surface area contributed by atoms with Crippen LogP contribution in [-0.2, 0) is 6.42 Å². The minimum absolute atomic E-state index is 0.307. The van der Waals surface area contributed by atoms with Crippen molar-refractivity contribution in [1.82, 2.24) is 0 Å². The maximum atomic E-state index is 11.9. The van der Waals surface area contributed by atoms with Gasteiger partial charge in [-0.3, -0.25) is 4.79 Å². The minimum atomic E-state index is 0.307. The minimum Gasteiger partial charge on any atom is -0.294 e. The van der Waals surface area contributed by atoms with Crippen LogP contribution in [0.2, 0.25) is 0 Å². The monoisotopic (exact) mass is 216 g/mol.